The SMILES string of the molecule is CCCN(CC#N)C(=O)c1ccncc1Cl. The fourth-order valence-electron chi connectivity index (χ4n) is 1.33. The van der Waals surface area contributed by atoms with Crippen LogP contribution in [0.5, 0.6) is 0 Å². The minimum Gasteiger partial charge on any atom is -0.325 e. The molecule has 0 unspecified atom stereocenters. The van der Waals surface area contributed by atoms with E-state index in [0.717, 1.165) is 6.42 Å². The predicted molar refractivity (Wildman–Crippen MR) is 61.1 cm³/mol. The Morgan fingerprint density at radius 1 is 1.69 bits per heavy atom. The molecule has 1 aromatic heterocycles. The van der Waals surface area contributed by atoms with Gasteiger partial charge in [-0.25, -0.2) is 0 Å². The summed E-state index contributed by atoms with van der Waals surface area (Å²) in [5.41, 5.74) is 0.389. The zero-order valence-electron chi connectivity index (χ0n) is 8.98. The van der Waals surface area contributed by atoms with Crippen molar-refractivity contribution in [3.8, 4) is 6.07 Å². The highest BCUT2D eigenvalue weighted by molar-refractivity contribution is 6.33. The third-order valence-electron chi connectivity index (χ3n) is 2.05. The Balaban J connectivity index is 2.91. The van der Waals surface area contributed by atoms with Crippen LogP contribution in [-0.2, 0) is 0 Å². The maximum Gasteiger partial charge on any atom is 0.256 e. The molecule has 0 radical (unpaired) electrons. The first kappa shape index (κ1) is 12.5. The number of hydrogen-bond donors (Lipinski definition) is 0. The number of nitriles is 1. The molecule has 0 saturated carbocycles. The molecule has 1 heterocycles. The Kier molecular flexibility index (Phi) is 4.74. The second-order valence-electron chi connectivity index (χ2n) is 3.24. The van der Waals surface area contributed by atoms with E-state index in [1.807, 2.05) is 13.0 Å². The molecule has 1 rings (SSSR count). The lowest BCUT2D eigenvalue weighted by Crippen LogP contribution is -2.32. The van der Waals surface area contributed by atoms with Gasteiger partial charge in [0.1, 0.15) is 6.54 Å². The van der Waals surface area contributed by atoms with Gasteiger partial charge in [-0.1, -0.05) is 18.5 Å². The molecular formula is C11H12ClN3O. The van der Waals surface area contributed by atoms with Gasteiger partial charge in [0.25, 0.3) is 5.91 Å². The Bertz CT molecular complexity index is 414. The van der Waals surface area contributed by atoms with Crippen LogP contribution in [0.1, 0.15) is 23.7 Å². The molecule has 0 spiro atoms. The van der Waals surface area contributed by atoms with E-state index in [-0.39, 0.29) is 12.5 Å². The van der Waals surface area contributed by atoms with E-state index in [1.165, 1.54) is 17.3 Å². The number of hydrogen-bond acceptors (Lipinski definition) is 3. The van der Waals surface area contributed by atoms with Crippen molar-refractivity contribution in [2.24, 2.45) is 0 Å². The maximum absolute atomic E-state index is 12.0. The van der Waals surface area contributed by atoms with E-state index in [2.05, 4.69) is 4.98 Å². The molecule has 0 aliphatic heterocycles. The summed E-state index contributed by atoms with van der Waals surface area (Å²) >= 11 is 5.87. The number of amides is 1. The van der Waals surface area contributed by atoms with Crippen molar-refractivity contribution in [3.63, 3.8) is 0 Å². The molecule has 0 bridgehead atoms. The third kappa shape index (κ3) is 2.94. The number of aromatic nitrogens is 1. The highest BCUT2D eigenvalue weighted by Gasteiger charge is 2.17. The summed E-state index contributed by atoms with van der Waals surface area (Å²) in [5, 5.41) is 8.95. The van der Waals surface area contributed by atoms with E-state index in [0.29, 0.717) is 17.1 Å². The van der Waals surface area contributed by atoms with Gasteiger partial charge in [0.15, 0.2) is 0 Å². The monoisotopic (exact) mass is 237 g/mol. The summed E-state index contributed by atoms with van der Waals surface area (Å²) in [5.74, 6) is -0.226. The number of carbonyl (C=O) groups excluding carboxylic acids is 1. The van der Waals surface area contributed by atoms with Crippen LogP contribution in [0.2, 0.25) is 5.02 Å². The van der Waals surface area contributed by atoms with Crippen LogP contribution in [0.4, 0.5) is 0 Å². The van der Waals surface area contributed by atoms with Gasteiger partial charge in [-0.2, -0.15) is 5.26 Å². The summed E-state index contributed by atoms with van der Waals surface area (Å²) < 4.78 is 0. The van der Waals surface area contributed by atoms with E-state index in [9.17, 15) is 4.79 Å². The lowest BCUT2D eigenvalue weighted by Gasteiger charge is -2.18. The highest BCUT2D eigenvalue weighted by Crippen LogP contribution is 2.15. The molecule has 0 aliphatic rings. The van der Waals surface area contributed by atoms with E-state index in [4.69, 9.17) is 16.9 Å². The van der Waals surface area contributed by atoms with Crippen LogP contribution in [0.15, 0.2) is 18.5 Å². The lowest BCUT2D eigenvalue weighted by molar-refractivity contribution is 0.0776. The molecule has 0 aromatic carbocycles. The summed E-state index contributed by atoms with van der Waals surface area (Å²) in [6.07, 6.45) is 3.73. The van der Waals surface area contributed by atoms with Gasteiger partial charge in [0.2, 0.25) is 0 Å². The zero-order chi connectivity index (χ0) is 12.0. The average molecular weight is 238 g/mol. The van der Waals surface area contributed by atoms with Crippen LogP contribution in [0.25, 0.3) is 0 Å². The highest BCUT2D eigenvalue weighted by atomic mass is 35.5. The van der Waals surface area contributed by atoms with Crippen molar-refractivity contribution >= 4 is 17.5 Å². The van der Waals surface area contributed by atoms with Gasteiger partial charge in [-0.15, -0.1) is 0 Å². The van der Waals surface area contributed by atoms with Crippen LogP contribution in [0.3, 0.4) is 0 Å². The number of nitrogens with zero attached hydrogens (tertiary/aromatic N) is 3. The number of carbonyl (C=O) groups is 1. The number of rotatable bonds is 4. The molecule has 5 heteroatoms. The Morgan fingerprint density at radius 3 is 3.00 bits per heavy atom. The second-order valence-corrected chi connectivity index (χ2v) is 3.65. The van der Waals surface area contributed by atoms with Crippen LogP contribution < -0.4 is 0 Å². The quantitative estimate of drug-likeness (QED) is 0.754. The van der Waals surface area contributed by atoms with Gasteiger partial charge >= 0.3 is 0 Å². The van der Waals surface area contributed by atoms with Crippen LogP contribution >= 0.6 is 11.6 Å². The summed E-state index contributed by atoms with van der Waals surface area (Å²) in [6.45, 7) is 2.57. The Morgan fingerprint density at radius 2 is 2.44 bits per heavy atom. The van der Waals surface area contributed by atoms with Crippen molar-refractivity contribution < 1.29 is 4.79 Å². The molecule has 0 fully saturated rings. The maximum atomic E-state index is 12.0. The molecule has 0 atom stereocenters. The molecular weight excluding hydrogens is 226 g/mol. The fourth-order valence-corrected chi connectivity index (χ4v) is 1.53. The van der Waals surface area contributed by atoms with Crippen LogP contribution in [0, 0.1) is 11.3 Å². The molecule has 16 heavy (non-hydrogen) atoms. The second kappa shape index (κ2) is 6.09. The van der Waals surface area contributed by atoms with Crippen molar-refractivity contribution in [2.75, 3.05) is 13.1 Å². The Hall–Kier alpha value is -1.60. The predicted octanol–water partition coefficient (Wildman–Crippen LogP) is 2.11. The van der Waals surface area contributed by atoms with Crippen molar-refractivity contribution in [1.82, 2.24) is 9.88 Å². The summed E-state index contributed by atoms with van der Waals surface area (Å²) in [6, 6.07) is 3.53. The Labute approximate surface area is 99.5 Å². The zero-order valence-corrected chi connectivity index (χ0v) is 9.74. The first-order valence-corrected chi connectivity index (χ1v) is 5.34. The minimum atomic E-state index is -0.226. The molecule has 84 valence electrons. The molecule has 0 N–H and O–H groups in total. The smallest absolute Gasteiger partial charge is 0.256 e. The normalized spacial score (nSPS) is 9.56. The minimum absolute atomic E-state index is 0.0747. The molecule has 0 aliphatic carbocycles. The molecule has 0 saturated heterocycles. The van der Waals surface area contributed by atoms with Crippen molar-refractivity contribution in [2.45, 2.75) is 13.3 Å². The first-order valence-electron chi connectivity index (χ1n) is 4.96. The van der Waals surface area contributed by atoms with E-state index in [1.54, 1.807) is 6.07 Å². The van der Waals surface area contributed by atoms with E-state index >= 15 is 0 Å². The van der Waals surface area contributed by atoms with E-state index < -0.39 is 0 Å². The molecule has 1 aromatic rings. The van der Waals surface area contributed by atoms with Gasteiger partial charge in [-0.3, -0.25) is 9.78 Å². The molecule has 4 nitrogen and oxygen atoms in total. The van der Waals surface area contributed by atoms with Gasteiger partial charge in [0, 0.05) is 18.9 Å². The summed E-state index contributed by atoms with van der Waals surface area (Å²) in [4.78, 5) is 17.3. The number of pyridine rings is 1. The largest absolute Gasteiger partial charge is 0.325 e. The average Bonchev–Trinajstić information content (AvgIpc) is 2.28. The molecule has 1 amide bonds. The van der Waals surface area contributed by atoms with Crippen molar-refractivity contribution in [3.05, 3.63) is 29.0 Å². The van der Waals surface area contributed by atoms with Gasteiger partial charge < -0.3 is 4.90 Å². The van der Waals surface area contributed by atoms with Crippen molar-refractivity contribution in [1.29, 1.82) is 5.26 Å². The fraction of sp³-hybridized carbons (Fsp3) is 0.364. The lowest BCUT2D eigenvalue weighted by atomic mass is 10.2. The summed E-state index contributed by atoms with van der Waals surface area (Å²) in [7, 11) is 0. The third-order valence-corrected chi connectivity index (χ3v) is 2.35. The topological polar surface area (TPSA) is 57.0 Å². The van der Waals surface area contributed by atoms with Gasteiger partial charge in [0.05, 0.1) is 16.7 Å². The number of halogens is 1. The standard InChI is InChI=1S/C11H12ClN3O/c1-2-6-15(7-4-13)11(16)9-3-5-14-8-10(9)12/h3,5,8H,2,6-7H2,1H3. The first-order chi connectivity index (χ1) is 7.70. The van der Waals surface area contributed by atoms with Crippen LogP contribution in [-0.4, -0.2) is 28.9 Å². The van der Waals surface area contributed by atoms with Gasteiger partial charge in [-0.05, 0) is 12.5 Å².